The number of aromatic nitrogens is 2. The number of carbonyl (C=O) groups excluding carboxylic acids is 1. The van der Waals surface area contributed by atoms with Gasteiger partial charge in [-0.1, -0.05) is 17.7 Å². The average Bonchev–Trinajstić information content (AvgIpc) is 3.37. The maximum Gasteiger partial charge on any atom is 0.273 e. The minimum absolute atomic E-state index is 0.00532. The molecule has 3 N–H and O–H groups in total. The maximum absolute atomic E-state index is 13.0. The minimum atomic E-state index is -0.285. The SMILES string of the molecule is COc1ccc(CNc2nc(N3CCCC3CO)cnc2C(=O)NCCN2CCOCC2)cc1Cl. The standard InChI is InChI=1S/C24H33ClN6O4/c1-34-20-5-4-17(13-19(20)25)14-28-23-22(24(33)26-6-8-30-9-11-35-12-10-30)27-15-21(29-23)31-7-2-3-18(31)16-32/h4-5,13,15,18,32H,2-3,6-12,14,16H2,1H3,(H,26,33)(H,28,29). The van der Waals surface area contributed by atoms with Gasteiger partial charge in [0.25, 0.3) is 5.91 Å². The summed E-state index contributed by atoms with van der Waals surface area (Å²) in [4.78, 5) is 26.5. The number of methoxy groups -OCH3 is 1. The van der Waals surface area contributed by atoms with E-state index < -0.39 is 0 Å². The van der Waals surface area contributed by atoms with E-state index in [4.69, 9.17) is 26.1 Å². The Morgan fingerprint density at radius 2 is 2.14 bits per heavy atom. The Kier molecular flexibility index (Phi) is 8.97. The number of aliphatic hydroxyl groups is 1. The van der Waals surface area contributed by atoms with Gasteiger partial charge in [0.1, 0.15) is 11.6 Å². The molecule has 3 heterocycles. The number of ether oxygens (including phenoxy) is 2. The molecule has 0 bridgehead atoms. The maximum atomic E-state index is 13.0. The van der Waals surface area contributed by atoms with E-state index in [2.05, 4.69) is 20.5 Å². The van der Waals surface area contributed by atoms with Crippen molar-refractivity contribution in [1.29, 1.82) is 0 Å². The zero-order chi connectivity index (χ0) is 24.6. The second-order valence-corrected chi connectivity index (χ2v) is 9.04. The third kappa shape index (κ3) is 6.52. The molecule has 1 atom stereocenters. The van der Waals surface area contributed by atoms with Crippen LogP contribution < -0.4 is 20.3 Å². The van der Waals surface area contributed by atoms with Crippen molar-refractivity contribution in [3.05, 3.63) is 40.7 Å². The van der Waals surface area contributed by atoms with E-state index in [-0.39, 0.29) is 24.2 Å². The highest BCUT2D eigenvalue weighted by atomic mass is 35.5. The number of anilines is 2. The second-order valence-electron chi connectivity index (χ2n) is 8.63. The van der Waals surface area contributed by atoms with Gasteiger partial charge in [0, 0.05) is 39.3 Å². The molecule has 4 rings (SSSR count). The van der Waals surface area contributed by atoms with Crippen LogP contribution in [-0.4, -0.2) is 91.6 Å². The highest BCUT2D eigenvalue weighted by Gasteiger charge is 2.27. The molecule has 2 fully saturated rings. The van der Waals surface area contributed by atoms with Crippen LogP contribution in [0.4, 0.5) is 11.6 Å². The number of nitrogens with zero attached hydrogens (tertiary/aromatic N) is 4. The Bertz CT molecular complexity index is 1000. The van der Waals surface area contributed by atoms with Crippen LogP contribution in [0.5, 0.6) is 5.75 Å². The molecule has 35 heavy (non-hydrogen) atoms. The third-order valence-corrected chi connectivity index (χ3v) is 6.65. The van der Waals surface area contributed by atoms with Crippen LogP contribution >= 0.6 is 11.6 Å². The lowest BCUT2D eigenvalue weighted by Gasteiger charge is -2.26. The van der Waals surface area contributed by atoms with E-state index in [0.29, 0.717) is 35.5 Å². The summed E-state index contributed by atoms with van der Waals surface area (Å²) in [6, 6.07) is 5.52. The molecule has 2 aliphatic rings. The van der Waals surface area contributed by atoms with Crippen LogP contribution in [0.2, 0.25) is 5.02 Å². The van der Waals surface area contributed by atoms with Crippen molar-refractivity contribution in [3.63, 3.8) is 0 Å². The summed E-state index contributed by atoms with van der Waals surface area (Å²) in [5, 5.41) is 16.5. The summed E-state index contributed by atoms with van der Waals surface area (Å²) in [6.45, 7) is 5.67. The highest BCUT2D eigenvalue weighted by molar-refractivity contribution is 6.32. The van der Waals surface area contributed by atoms with Gasteiger partial charge in [0.2, 0.25) is 0 Å². The molecule has 2 saturated heterocycles. The zero-order valence-corrected chi connectivity index (χ0v) is 20.8. The van der Waals surface area contributed by atoms with Gasteiger partial charge in [-0.25, -0.2) is 9.97 Å². The number of halogens is 1. The fraction of sp³-hybridized carbons (Fsp3) is 0.542. The Hall–Kier alpha value is -2.66. The molecule has 0 aliphatic carbocycles. The van der Waals surface area contributed by atoms with Crippen molar-refractivity contribution in [2.45, 2.75) is 25.4 Å². The number of amides is 1. The summed E-state index contributed by atoms with van der Waals surface area (Å²) in [5.74, 6) is 1.35. The predicted molar refractivity (Wildman–Crippen MR) is 134 cm³/mol. The molecule has 1 aromatic carbocycles. The van der Waals surface area contributed by atoms with Gasteiger partial charge in [0.15, 0.2) is 11.5 Å². The Labute approximate surface area is 210 Å². The molecule has 1 amide bonds. The number of benzene rings is 1. The Morgan fingerprint density at radius 3 is 2.89 bits per heavy atom. The number of hydrogen-bond acceptors (Lipinski definition) is 9. The van der Waals surface area contributed by atoms with E-state index in [1.54, 1.807) is 19.4 Å². The third-order valence-electron chi connectivity index (χ3n) is 6.35. The molecule has 0 radical (unpaired) electrons. The van der Waals surface area contributed by atoms with Crippen LogP contribution in [0, 0.1) is 0 Å². The molecular formula is C24H33ClN6O4. The summed E-state index contributed by atoms with van der Waals surface area (Å²) >= 11 is 6.27. The van der Waals surface area contributed by atoms with E-state index in [1.807, 2.05) is 17.0 Å². The lowest BCUT2D eigenvalue weighted by Crippen LogP contribution is -2.41. The summed E-state index contributed by atoms with van der Waals surface area (Å²) in [7, 11) is 1.57. The first-order chi connectivity index (χ1) is 17.1. The molecule has 2 aromatic rings. The summed E-state index contributed by atoms with van der Waals surface area (Å²) in [6.07, 6.45) is 3.49. The van der Waals surface area contributed by atoms with Crippen LogP contribution in [-0.2, 0) is 11.3 Å². The highest BCUT2D eigenvalue weighted by Crippen LogP contribution is 2.27. The van der Waals surface area contributed by atoms with Gasteiger partial charge in [-0.3, -0.25) is 9.69 Å². The molecule has 10 nitrogen and oxygen atoms in total. The number of aliphatic hydroxyl groups excluding tert-OH is 1. The van der Waals surface area contributed by atoms with Crippen molar-refractivity contribution in [3.8, 4) is 5.75 Å². The molecule has 190 valence electrons. The van der Waals surface area contributed by atoms with Crippen LogP contribution in [0.3, 0.4) is 0 Å². The monoisotopic (exact) mass is 504 g/mol. The molecule has 0 spiro atoms. The predicted octanol–water partition coefficient (Wildman–Crippen LogP) is 1.77. The fourth-order valence-electron chi connectivity index (χ4n) is 4.38. The zero-order valence-electron chi connectivity index (χ0n) is 20.0. The van der Waals surface area contributed by atoms with Gasteiger partial charge >= 0.3 is 0 Å². The number of morpholine rings is 1. The van der Waals surface area contributed by atoms with Crippen molar-refractivity contribution in [2.75, 3.05) is 69.9 Å². The first-order valence-corrected chi connectivity index (χ1v) is 12.4. The molecule has 1 unspecified atom stereocenters. The number of hydrogen-bond donors (Lipinski definition) is 3. The van der Waals surface area contributed by atoms with E-state index >= 15 is 0 Å². The molecule has 1 aromatic heterocycles. The van der Waals surface area contributed by atoms with E-state index in [1.165, 1.54) is 0 Å². The van der Waals surface area contributed by atoms with Crippen molar-refractivity contribution < 1.29 is 19.4 Å². The molecule has 0 saturated carbocycles. The number of rotatable bonds is 10. The van der Waals surface area contributed by atoms with E-state index in [9.17, 15) is 9.90 Å². The van der Waals surface area contributed by atoms with Crippen molar-refractivity contribution in [2.24, 2.45) is 0 Å². The van der Waals surface area contributed by atoms with Crippen LogP contribution in [0.25, 0.3) is 0 Å². The van der Waals surface area contributed by atoms with E-state index in [0.717, 1.165) is 57.8 Å². The molecule has 2 aliphatic heterocycles. The summed E-state index contributed by atoms with van der Waals surface area (Å²) in [5.41, 5.74) is 1.14. The molecule has 11 heteroatoms. The van der Waals surface area contributed by atoms with Gasteiger partial charge in [0.05, 0.1) is 44.2 Å². The van der Waals surface area contributed by atoms with Gasteiger partial charge in [-0.05, 0) is 30.5 Å². The second kappa shape index (κ2) is 12.3. The van der Waals surface area contributed by atoms with Crippen molar-refractivity contribution >= 4 is 29.1 Å². The largest absolute Gasteiger partial charge is 0.495 e. The fourth-order valence-corrected chi connectivity index (χ4v) is 4.66. The lowest BCUT2D eigenvalue weighted by molar-refractivity contribution is 0.0383. The normalized spacial score (nSPS) is 18.5. The Balaban J connectivity index is 1.49. The lowest BCUT2D eigenvalue weighted by atomic mass is 10.2. The van der Waals surface area contributed by atoms with Crippen molar-refractivity contribution in [1.82, 2.24) is 20.2 Å². The minimum Gasteiger partial charge on any atom is -0.495 e. The van der Waals surface area contributed by atoms with Crippen LogP contribution in [0.1, 0.15) is 28.9 Å². The quantitative estimate of drug-likeness (QED) is 0.445. The smallest absolute Gasteiger partial charge is 0.273 e. The summed E-state index contributed by atoms with van der Waals surface area (Å²) < 4.78 is 10.6. The Morgan fingerprint density at radius 1 is 1.31 bits per heavy atom. The van der Waals surface area contributed by atoms with Gasteiger partial charge in [-0.15, -0.1) is 0 Å². The first kappa shape index (κ1) is 25.4. The van der Waals surface area contributed by atoms with Crippen LogP contribution in [0.15, 0.2) is 24.4 Å². The number of nitrogens with one attached hydrogen (secondary N) is 2. The molecular weight excluding hydrogens is 472 g/mol. The first-order valence-electron chi connectivity index (χ1n) is 12.0. The number of carbonyl (C=O) groups is 1. The average molecular weight is 505 g/mol. The van der Waals surface area contributed by atoms with Gasteiger partial charge < -0.3 is 30.1 Å². The topological polar surface area (TPSA) is 112 Å². The van der Waals surface area contributed by atoms with Gasteiger partial charge in [-0.2, -0.15) is 0 Å².